The average molecular weight is 502 g/mol. The van der Waals surface area contributed by atoms with Gasteiger partial charge in [0.25, 0.3) is 0 Å². The van der Waals surface area contributed by atoms with Crippen LogP contribution in [0.25, 0.3) is 6.08 Å². The molecule has 1 aromatic heterocycles. The minimum absolute atomic E-state index is 0.0184. The van der Waals surface area contributed by atoms with Gasteiger partial charge in [-0.1, -0.05) is 71.9 Å². The number of hydrogen-bond acceptors (Lipinski definition) is 5. The van der Waals surface area contributed by atoms with Gasteiger partial charge in [0.05, 0.1) is 12.5 Å². The number of benzene rings is 2. The summed E-state index contributed by atoms with van der Waals surface area (Å²) in [6, 6.07) is 18.6. The minimum Gasteiger partial charge on any atom is -0.480 e. The third-order valence-corrected chi connectivity index (χ3v) is 6.41. The van der Waals surface area contributed by atoms with E-state index in [0.717, 1.165) is 24.8 Å². The number of carbonyl (C=O) groups is 3. The Morgan fingerprint density at radius 3 is 2.57 bits per heavy atom. The fourth-order valence-electron chi connectivity index (χ4n) is 4.57. The van der Waals surface area contributed by atoms with Crippen LogP contribution >= 0.6 is 0 Å². The molecule has 2 aromatic carbocycles. The van der Waals surface area contributed by atoms with Gasteiger partial charge in [0.2, 0.25) is 11.8 Å². The Labute approximate surface area is 216 Å². The van der Waals surface area contributed by atoms with Crippen LogP contribution in [0, 0.1) is 0 Å². The van der Waals surface area contributed by atoms with Gasteiger partial charge >= 0.3 is 5.97 Å². The number of nitrogens with one attached hydrogen (secondary N) is 1. The molecule has 0 aliphatic carbocycles. The number of carbonyl (C=O) groups excluding carboxylic acids is 2. The summed E-state index contributed by atoms with van der Waals surface area (Å²) in [4.78, 5) is 37.7. The lowest BCUT2D eigenvalue weighted by molar-refractivity contribution is -0.141. The molecule has 1 fully saturated rings. The molecule has 3 aromatic rings. The van der Waals surface area contributed by atoms with E-state index in [2.05, 4.69) is 46.9 Å². The molecule has 2 unspecified atom stereocenters. The number of amides is 2. The third-order valence-electron chi connectivity index (χ3n) is 6.41. The molecule has 37 heavy (non-hydrogen) atoms. The van der Waals surface area contributed by atoms with Gasteiger partial charge in [0.15, 0.2) is 0 Å². The van der Waals surface area contributed by atoms with Gasteiger partial charge in [-0.25, -0.2) is 4.79 Å². The van der Waals surface area contributed by atoms with Gasteiger partial charge in [-0.2, -0.15) is 0 Å². The second kappa shape index (κ2) is 12.2. The zero-order valence-corrected chi connectivity index (χ0v) is 20.8. The molecule has 0 spiro atoms. The summed E-state index contributed by atoms with van der Waals surface area (Å²) < 4.78 is 5.35. The van der Waals surface area contributed by atoms with Crippen LogP contribution in [0.3, 0.4) is 0 Å². The largest absolute Gasteiger partial charge is 0.480 e. The van der Waals surface area contributed by atoms with E-state index in [9.17, 15) is 19.5 Å². The highest BCUT2D eigenvalue weighted by molar-refractivity contribution is 5.82. The van der Waals surface area contributed by atoms with Crippen molar-refractivity contribution < 1.29 is 24.0 Å². The molecule has 0 bridgehead atoms. The van der Waals surface area contributed by atoms with Crippen molar-refractivity contribution in [3.63, 3.8) is 0 Å². The van der Waals surface area contributed by atoms with E-state index >= 15 is 0 Å². The SMILES string of the molecule is CC(=O)NC(Cc1cc(C2CCCN2C(=O)Cc2ccc(CC=Cc3ccccc3)cc2)no1)C(=O)O. The second-order valence-corrected chi connectivity index (χ2v) is 9.27. The van der Waals surface area contributed by atoms with Crippen molar-refractivity contribution in [2.24, 2.45) is 0 Å². The van der Waals surface area contributed by atoms with E-state index in [1.54, 1.807) is 6.07 Å². The van der Waals surface area contributed by atoms with Crippen molar-refractivity contribution in [3.05, 3.63) is 94.9 Å². The number of rotatable bonds is 10. The zero-order chi connectivity index (χ0) is 26.2. The van der Waals surface area contributed by atoms with Crippen LogP contribution in [0.2, 0.25) is 0 Å². The summed E-state index contributed by atoms with van der Waals surface area (Å²) in [5.41, 5.74) is 3.90. The molecule has 4 rings (SSSR count). The maximum absolute atomic E-state index is 13.1. The van der Waals surface area contributed by atoms with E-state index in [0.29, 0.717) is 24.4 Å². The van der Waals surface area contributed by atoms with Crippen LogP contribution in [0.4, 0.5) is 0 Å². The van der Waals surface area contributed by atoms with Crippen molar-refractivity contribution in [2.75, 3.05) is 6.54 Å². The lowest BCUT2D eigenvalue weighted by atomic mass is 10.0. The topological polar surface area (TPSA) is 113 Å². The normalized spacial score (nSPS) is 16.1. The highest BCUT2D eigenvalue weighted by Crippen LogP contribution is 2.32. The van der Waals surface area contributed by atoms with Crippen LogP contribution in [-0.4, -0.2) is 45.5 Å². The van der Waals surface area contributed by atoms with Gasteiger partial charge in [0.1, 0.15) is 17.5 Å². The lowest BCUT2D eigenvalue weighted by Crippen LogP contribution is -2.41. The first-order valence-corrected chi connectivity index (χ1v) is 12.4. The van der Waals surface area contributed by atoms with Crippen molar-refractivity contribution in [1.82, 2.24) is 15.4 Å². The van der Waals surface area contributed by atoms with Crippen molar-refractivity contribution in [1.29, 1.82) is 0 Å². The zero-order valence-electron chi connectivity index (χ0n) is 20.8. The number of likely N-dealkylation sites (tertiary alicyclic amines) is 1. The van der Waals surface area contributed by atoms with Crippen molar-refractivity contribution in [3.8, 4) is 0 Å². The second-order valence-electron chi connectivity index (χ2n) is 9.27. The fourth-order valence-corrected chi connectivity index (χ4v) is 4.57. The quantitative estimate of drug-likeness (QED) is 0.435. The van der Waals surface area contributed by atoms with Gasteiger partial charge in [-0.3, -0.25) is 9.59 Å². The van der Waals surface area contributed by atoms with Crippen molar-refractivity contribution in [2.45, 2.75) is 51.1 Å². The molecule has 2 heterocycles. The molecule has 1 aliphatic rings. The number of carboxylic acids is 1. The van der Waals surface area contributed by atoms with Crippen LogP contribution in [0.5, 0.6) is 0 Å². The predicted octanol–water partition coefficient (Wildman–Crippen LogP) is 3.97. The molecule has 1 aliphatic heterocycles. The number of hydrogen-bond donors (Lipinski definition) is 2. The molecule has 8 heteroatoms. The molecule has 0 saturated carbocycles. The van der Waals surface area contributed by atoms with Crippen LogP contribution < -0.4 is 5.32 Å². The van der Waals surface area contributed by atoms with Crippen LogP contribution in [0.15, 0.2) is 71.3 Å². The Bertz CT molecular complexity index is 1250. The minimum atomic E-state index is -1.15. The first-order chi connectivity index (χ1) is 17.9. The number of carboxylic acid groups (broad SMARTS) is 1. The average Bonchev–Trinajstić information content (AvgIpc) is 3.55. The first-order valence-electron chi connectivity index (χ1n) is 12.4. The standard InChI is InChI=1S/C29H31N3O5/c1-20(33)30-26(29(35)36)19-24-18-25(31-37-24)27-11-6-16-32(27)28(34)17-23-14-12-22(13-15-23)10-5-9-21-7-3-2-4-8-21/h2-5,7-9,12-15,18,26-27H,6,10-11,16-17,19H2,1H3,(H,30,33)(H,35,36). The number of aliphatic carboxylic acids is 1. The summed E-state index contributed by atoms with van der Waals surface area (Å²) in [6.45, 7) is 1.90. The number of nitrogens with zero attached hydrogens (tertiary/aromatic N) is 2. The predicted molar refractivity (Wildman–Crippen MR) is 138 cm³/mol. The summed E-state index contributed by atoms with van der Waals surface area (Å²) in [5, 5.41) is 15.8. The summed E-state index contributed by atoms with van der Waals surface area (Å²) in [5.74, 6) is -1.21. The molecular formula is C29H31N3O5. The Morgan fingerprint density at radius 2 is 1.86 bits per heavy atom. The van der Waals surface area contributed by atoms with E-state index < -0.39 is 17.9 Å². The Kier molecular flexibility index (Phi) is 8.51. The van der Waals surface area contributed by atoms with Gasteiger partial charge in [-0.15, -0.1) is 0 Å². The molecular weight excluding hydrogens is 470 g/mol. The Morgan fingerprint density at radius 1 is 1.14 bits per heavy atom. The Balaban J connectivity index is 1.34. The summed E-state index contributed by atoms with van der Waals surface area (Å²) >= 11 is 0. The van der Waals surface area contributed by atoms with E-state index in [4.69, 9.17) is 4.52 Å². The molecule has 2 atom stereocenters. The molecule has 1 saturated heterocycles. The van der Waals surface area contributed by atoms with Gasteiger partial charge < -0.3 is 19.8 Å². The molecule has 0 radical (unpaired) electrons. The van der Waals surface area contributed by atoms with Crippen LogP contribution in [-0.2, 0) is 33.6 Å². The molecule has 2 N–H and O–H groups in total. The Hall–Kier alpha value is -4.20. The number of aromatic nitrogens is 1. The van der Waals surface area contributed by atoms with E-state index in [-0.39, 0.29) is 18.4 Å². The molecule has 2 amide bonds. The highest BCUT2D eigenvalue weighted by atomic mass is 16.5. The molecule has 192 valence electrons. The maximum atomic E-state index is 13.1. The summed E-state index contributed by atoms with van der Waals surface area (Å²) in [7, 11) is 0. The summed E-state index contributed by atoms with van der Waals surface area (Å²) in [6.07, 6.45) is 6.94. The van der Waals surface area contributed by atoms with E-state index in [1.807, 2.05) is 35.2 Å². The highest BCUT2D eigenvalue weighted by Gasteiger charge is 2.32. The lowest BCUT2D eigenvalue weighted by Gasteiger charge is -2.23. The monoisotopic (exact) mass is 501 g/mol. The smallest absolute Gasteiger partial charge is 0.326 e. The van der Waals surface area contributed by atoms with Gasteiger partial charge in [-0.05, 0) is 36.0 Å². The van der Waals surface area contributed by atoms with Crippen molar-refractivity contribution >= 4 is 23.9 Å². The fraction of sp³-hybridized carbons (Fsp3) is 0.310. The maximum Gasteiger partial charge on any atom is 0.326 e. The van der Waals surface area contributed by atoms with Gasteiger partial charge in [0, 0.05) is 26.0 Å². The first kappa shape index (κ1) is 25.9. The molecule has 8 nitrogen and oxygen atoms in total. The third kappa shape index (κ3) is 7.16. The number of allylic oxidation sites excluding steroid dienone is 1. The van der Waals surface area contributed by atoms with E-state index in [1.165, 1.54) is 18.1 Å². The van der Waals surface area contributed by atoms with Crippen LogP contribution in [0.1, 0.15) is 54.0 Å².